The van der Waals surface area contributed by atoms with Crippen LogP contribution in [0.15, 0.2) is 17.9 Å². The lowest BCUT2D eigenvalue weighted by Crippen LogP contribution is -2.51. The van der Waals surface area contributed by atoms with Crippen LogP contribution >= 0.6 is 0 Å². The van der Waals surface area contributed by atoms with E-state index in [9.17, 15) is 0 Å². The minimum Gasteiger partial charge on any atom is -0.130 e. The van der Waals surface area contributed by atoms with Crippen LogP contribution in [0.3, 0.4) is 0 Å². The second-order valence-corrected chi connectivity index (χ2v) is 4.43. The smallest absolute Gasteiger partial charge is 0.00961 e. The maximum atomic E-state index is 3.72. The van der Waals surface area contributed by atoms with E-state index in [2.05, 4.69) is 26.2 Å². The van der Waals surface area contributed by atoms with E-state index in [4.69, 9.17) is 0 Å². The van der Waals surface area contributed by atoms with Gasteiger partial charge in [0, 0.05) is 0 Å². The highest BCUT2D eigenvalue weighted by molar-refractivity contribution is 5.14. The standard InChI is InChI=1S/C12H18/c1-4-8(3)10-7-11-9(5-2)6-12(10)11/h9-12H,1,5-7H2,2-3H3. The van der Waals surface area contributed by atoms with Gasteiger partial charge in [-0.05, 0) is 49.0 Å². The van der Waals surface area contributed by atoms with Gasteiger partial charge in [0.1, 0.15) is 0 Å². The first-order chi connectivity index (χ1) is 5.77. The van der Waals surface area contributed by atoms with Crippen LogP contribution in [0.4, 0.5) is 0 Å². The third kappa shape index (κ3) is 0.912. The van der Waals surface area contributed by atoms with Crippen molar-refractivity contribution in [1.29, 1.82) is 0 Å². The minimum atomic E-state index is 0.857. The van der Waals surface area contributed by atoms with Crippen molar-refractivity contribution in [3.63, 3.8) is 0 Å². The number of hydrogen-bond acceptors (Lipinski definition) is 0. The van der Waals surface area contributed by atoms with Gasteiger partial charge >= 0.3 is 0 Å². The third-order valence-electron chi connectivity index (χ3n) is 4.13. The molecule has 0 spiro atoms. The van der Waals surface area contributed by atoms with Crippen molar-refractivity contribution in [3.05, 3.63) is 17.9 Å². The summed E-state index contributed by atoms with van der Waals surface area (Å²) in [6.45, 7) is 8.24. The van der Waals surface area contributed by atoms with E-state index in [1.54, 1.807) is 0 Å². The van der Waals surface area contributed by atoms with Gasteiger partial charge in [0.25, 0.3) is 0 Å². The molecule has 2 aliphatic rings. The molecule has 0 aromatic carbocycles. The molecule has 2 aliphatic carbocycles. The van der Waals surface area contributed by atoms with E-state index < -0.39 is 0 Å². The molecule has 0 aromatic heterocycles. The van der Waals surface area contributed by atoms with Gasteiger partial charge in [0.2, 0.25) is 0 Å². The highest BCUT2D eigenvalue weighted by atomic mass is 14.6. The highest BCUT2D eigenvalue weighted by Crippen LogP contribution is 2.60. The maximum Gasteiger partial charge on any atom is -0.00961 e. The van der Waals surface area contributed by atoms with Crippen LogP contribution in [0.5, 0.6) is 0 Å². The Hall–Kier alpha value is -0.480. The fraction of sp³-hybridized carbons (Fsp3) is 0.750. The predicted molar refractivity (Wildman–Crippen MR) is 51.8 cm³/mol. The van der Waals surface area contributed by atoms with Gasteiger partial charge in [-0.25, -0.2) is 0 Å². The quantitative estimate of drug-likeness (QED) is 0.546. The zero-order valence-electron chi connectivity index (χ0n) is 8.14. The Morgan fingerprint density at radius 1 is 1.42 bits per heavy atom. The van der Waals surface area contributed by atoms with Gasteiger partial charge in [0.15, 0.2) is 0 Å². The fourth-order valence-electron chi connectivity index (χ4n) is 3.05. The monoisotopic (exact) mass is 162 g/mol. The Balaban J connectivity index is 1.93. The minimum absolute atomic E-state index is 0.857. The first-order valence-corrected chi connectivity index (χ1v) is 5.14. The molecule has 66 valence electrons. The van der Waals surface area contributed by atoms with Crippen LogP contribution in [0, 0.1) is 23.7 Å². The lowest BCUT2D eigenvalue weighted by atomic mass is 9.46. The van der Waals surface area contributed by atoms with E-state index in [1.807, 2.05) is 0 Å². The van der Waals surface area contributed by atoms with E-state index in [-0.39, 0.29) is 0 Å². The molecule has 0 nitrogen and oxygen atoms in total. The summed E-state index contributed by atoms with van der Waals surface area (Å²) in [4.78, 5) is 0. The van der Waals surface area contributed by atoms with Crippen molar-refractivity contribution in [2.75, 3.05) is 0 Å². The summed E-state index contributed by atoms with van der Waals surface area (Å²) in [6, 6.07) is 0. The Morgan fingerprint density at radius 2 is 2.17 bits per heavy atom. The Bertz CT molecular complexity index is 232. The molecule has 4 atom stereocenters. The lowest BCUT2D eigenvalue weighted by Gasteiger charge is -2.58. The van der Waals surface area contributed by atoms with E-state index >= 15 is 0 Å². The van der Waals surface area contributed by atoms with Crippen molar-refractivity contribution in [3.8, 4) is 0 Å². The topological polar surface area (TPSA) is 0 Å². The summed E-state index contributed by atoms with van der Waals surface area (Å²) in [7, 11) is 0. The zero-order chi connectivity index (χ0) is 8.72. The van der Waals surface area contributed by atoms with E-state index in [0.29, 0.717) is 0 Å². The highest BCUT2D eigenvalue weighted by Gasteiger charge is 2.52. The fourth-order valence-corrected chi connectivity index (χ4v) is 3.05. The largest absolute Gasteiger partial charge is 0.130 e. The summed E-state index contributed by atoms with van der Waals surface area (Å²) < 4.78 is 0. The van der Waals surface area contributed by atoms with Gasteiger partial charge in [-0.3, -0.25) is 0 Å². The Labute approximate surface area is 75.4 Å². The van der Waals surface area contributed by atoms with E-state index in [0.717, 1.165) is 23.7 Å². The second kappa shape index (κ2) is 2.78. The summed E-state index contributed by atoms with van der Waals surface area (Å²) in [5.41, 5.74) is 4.46. The summed E-state index contributed by atoms with van der Waals surface area (Å²) in [5.74, 6) is 4.01. The SMILES string of the molecule is C=C=C(C)C1CC2C(CC)CC12. The van der Waals surface area contributed by atoms with Crippen LogP contribution in [0.1, 0.15) is 33.1 Å². The molecule has 12 heavy (non-hydrogen) atoms. The van der Waals surface area contributed by atoms with Crippen LogP contribution in [0.2, 0.25) is 0 Å². The number of allylic oxidation sites excluding steroid dienone is 1. The van der Waals surface area contributed by atoms with Gasteiger partial charge < -0.3 is 0 Å². The van der Waals surface area contributed by atoms with Crippen LogP contribution in [-0.2, 0) is 0 Å². The molecule has 4 unspecified atom stereocenters. The van der Waals surface area contributed by atoms with Gasteiger partial charge in [-0.1, -0.05) is 19.9 Å². The molecule has 0 aliphatic heterocycles. The summed E-state index contributed by atoms with van der Waals surface area (Å²) >= 11 is 0. The molecular weight excluding hydrogens is 144 g/mol. The normalized spacial score (nSPS) is 43.5. The molecule has 2 fully saturated rings. The Morgan fingerprint density at radius 3 is 2.58 bits per heavy atom. The molecule has 0 bridgehead atoms. The molecule has 0 amide bonds. The van der Waals surface area contributed by atoms with Crippen molar-refractivity contribution in [1.82, 2.24) is 0 Å². The average Bonchev–Trinajstić information content (AvgIpc) is 2.07. The number of fused-ring (bicyclic) bond motifs is 1. The predicted octanol–water partition coefficient (Wildman–Crippen LogP) is 3.40. The van der Waals surface area contributed by atoms with Crippen molar-refractivity contribution in [2.45, 2.75) is 33.1 Å². The Kier molecular flexibility index (Phi) is 1.88. The molecule has 0 heterocycles. The van der Waals surface area contributed by atoms with Gasteiger partial charge in [0.05, 0.1) is 0 Å². The molecule has 0 saturated heterocycles. The average molecular weight is 162 g/mol. The van der Waals surface area contributed by atoms with Crippen molar-refractivity contribution >= 4 is 0 Å². The molecule has 2 saturated carbocycles. The molecule has 2 rings (SSSR count). The van der Waals surface area contributed by atoms with Gasteiger partial charge in [-0.2, -0.15) is 0 Å². The first-order valence-electron chi connectivity index (χ1n) is 5.14. The maximum absolute atomic E-state index is 3.72. The van der Waals surface area contributed by atoms with Crippen LogP contribution < -0.4 is 0 Å². The van der Waals surface area contributed by atoms with Crippen LogP contribution in [-0.4, -0.2) is 0 Å². The van der Waals surface area contributed by atoms with Crippen LogP contribution in [0.25, 0.3) is 0 Å². The molecule has 0 heteroatoms. The van der Waals surface area contributed by atoms with Crippen molar-refractivity contribution in [2.24, 2.45) is 23.7 Å². The molecular formula is C12H18. The van der Waals surface area contributed by atoms with Gasteiger partial charge in [-0.15, -0.1) is 5.73 Å². The van der Waals surface area contributed by atoms with Crippen molar-refractivity contribution < 1.29 is 0 Å². The lowest BCUT2D eigenvalue weighted by molar-refractivity contribution is -0.0718. The third-order valence-corrected chi connectivity index (χ3v) is 4.13. The molecule has 0 N–H and O–H groups in total. The number of rotatable bonds is 2. The zero-order valence-corrected chi connectivity index (χ0v) is 8.14. The first kappa shape index (κ1) is 8.13. The summed E-state index contributed by atoms with van der Waals surface area (Å²) in [6.07, 6.45) is 4.30. The molecule has 0 radical (unpaired) electrons. The molecule has 0 aromatic rings. The second-order valence-electron chi connectivity index (χ2n) is 4.43. The van der Waals surface area contributed by atoms with E-state index in [1.165, 1.54) is 24.8 Å². The number of hydrogen-bond donors (Lipinski definition) is 0. The summed E-state index contributed by atoms with van der Waals surface area (Å²) in [5, 5.41) is 0.